The summed E-state index contributed by atoms with van der Waals surface area (Å²) in [6, 6.07) is 0. The molecule has 0 saturated carbocycles. The molecule has 0 atom stereocenters. The predicted molar refractivity (Wildman–Crippen MR) is 46.3 cm³/mol. The third kappa shape index (κ3) is 8.62. The highest BCUT2D eigenvalue weighted by atomic mass is 16.1. The first-order chi connectivity index (χ1) is 5.27. The zero-order valence-corrected chi connectivity index (χ0v) is 6.53. The number of aliphatic imine (C=N–C) groups is 1. The van der Waals surface area contributed by atoms with Gasteiger partial charge in [-0.3, -0.25) is 9.79 Å². The van der Waals surface area contributed by atoms with Crippen molar-refractivity contribution >= 4 is 12.1 Å². The number of hydrogen-bond donors (Lipinski definition) is 1. The molecule has 0 aromatic heterocycles. The van der Waals surface area contributed by atoms with Crippen LogP contribution in [-0.2, 0) is 4.79 Å². The maximum atomic E-state index is 10.2. The third-order valence-electron chi connectivity index (χ3n) is 0.887. The van der Waals surface area contributed by atoms with Crippen LogP contribution >= 0.6 is 0 Å². The summed E-state index contributed by atoms with van der Waals surface area (Å²) in [7, 11) is 0. The van der Waals surface area contributed by atoms with Gasteiger partial charge < -0.3 is 5.73 Å². The summed E-state index contributed by atoms with van der Waals surface area (Å²) in [6.45, 7) is 1.83. The van der Waals surface area contributed by atoms with Crippen LogP contribution in [0.5, 0.6) is 0 Å². The minimum Gasteiger partial charge on any atom is -0.369 e. The minimum atomic E-state index is -0.325. The van der Waals surface area contributed by atoms with Crippen molar-refractivity contribution in [2.75, 3.05) is 0 Å². The van der Waals surface area contributed by atoms with Crippen LogP contribution in [0.1, 0.15) is 13.3 Å². The highest BCUT2D eigenvalue weighted by Crippen LogP contribution is 1.82. The van der Waals surface area contributed by atoms with Gasteiger partial charge in [-0.15, -0.1) is 0 Å². The predicted octanol–water partition coefficient (Wildman–Crippen LogP) is 1.02. The summed E-state index contributed by atoms with van der Waals surface area (Å²) < 4.78 is 0. The molecule has 0 aromatic carbocycles. The number of amides is 1. The van der Waals surface area contributed by atoms with E-state index in [1.807, 2.05) is 6.92 Å². The van der Waals surface area contributed by atoms with Gasteiger partial charge in [0.15, 0.2) is 0 Å². The zero-order valence-electron chi connectivity index (χ0n) is 6.53. The van der Waals surface area contributed by atoms with E-state index in [0.717, 1.165) is 0 Å². The number of nitrogens with two attached hydrogens (primary N) is 1. The number of allylic oxidation sites excluding steroid dienone is 2. The Morgan fingerprint density at radius 2 is 2.27 bits per heavy atom. The standard InChI is InChI=1S/C8H12N2O/c1-2-10-7-5-3-4-6-8(9)11/h2-5,7H,6H2,1H3,(H2,9,11)/b4-3-,7-5-,10-2-. The molecule has 0 aliphatic heterocycles. The van der Waals surface area contributed by atoms with Crippen LogP contribution < -0.4 is 5.73 Å². The second-order valence-corrected chi connectivity index (χ2v) is 1.85. The maximum Gasteiger partial charge on any atom is 0.221 e. The lowest BCUT2D eigenvalue weighted by Crippen LogP contribution is -2.07. The van der Waals surface area contributed by atoms with Gasteiger partial charge in [0, 0.05) is 18.8 Å². The van der Waals surface area contributed by atoms with Gasteiger partial charge >= 0.3 is 0 Å². The van der Waals surface area contributed by atoms with Gasteiger partial charge in [0.05, 0.1) is 0 Å². The number of carbonyl (C=O) groups excluding carboxylic acids is 1. The molecule has 3 nitrogen and oxygen atoms in total. The summed E-state index contributed by atoms with van der Waals surface area (Å²) in [5.74, 6) is -0.325. The molecule has 0 unspecified atom stereocenters. The molecule has 0 fully saturated rings. The summed E-state index contributed by atoms with van der Waals surface area (Å²) >= 11 is 0. The van der Waals surface area contributed by atoms with E-state index < -0.39 is 0 Å². The first kappa shape index (κ1) is 9.62. The van der Waals surface area contributed by atoms with Crippen molar-refractivity contribution in [3.63, 3.8) is 0 Å². The monoisotopic (exact) mass is 152 g/mol. The smallest absolute Gasteiger partial charge is 0.221 e. The van der Waals surface area contributed by atoms with Gasteiger partial charge in [-0.25, -0.2) is 0 Å². The molecule has 0 spiro atoms. The highest BCUT2D eigenvalue weighted by molar-refractivity contribution is 5.75. The van der Waals surface area contributed by atoms with Crippen LogP contribution in [0.3, 0.4) is 0 Å². The van der Waals surface area contributed by atoms with Crippen molar-refractivity contribution in [3.8, 4) is 0 Å². The van der Waals surface area contributed by atoms with E-state index in [4.69, 9.17) is 5.73 Å². The Kier molecular flexibility index (Phi) is 5.89. The Bertz CT molecular complexity index is 192. The first-order valence-corrected chi connectivity index (χ1v) is 3.35. The SMILES string of the molecule is C\C=N/C=C\C=C/CC(N)=O. The van der Waals surface area contributed by atoms with Crippen molar-refractivity contribution in [2.45, 2.75) is 13.3 Å². The number of hydrogen-bond acceptors (Lipinski definition) is 2. The molecule has 0 radical (unpaired) electrons. The number of nitrogens with zero attached hydrogens (tertiary/aromatic N) is 1. The van der Waals surface area contributed by atoms with E-state index in [9.17, 15) is 4.79 Å². The number of rotatable bonds is 4. The summed E-state index contributed by atoms with van der Waals surface area (Å²) in [4.78, 5) is 14.0. The average molecular weight is 152 g/mol. The Morgan fingerprint density at radius 3 is 2.82 bits per heavy atom. The summed E-state index contributed by atoms with van der Waals surface area (Å²) in [5.41, 5.74) is 4.89. The molecule has 0 saturated heterocycles. The second-order valence-electron chi connectivity index (χ2n) is 1.85. The Morgan fingerprint density at radius 1 is 1.55 bits per heavy atom. The van der Waals surface area contributed by atoms with Crippen LogP contribution in [0.25, 0.3) is 0 Å². The van der Waals surface area contributed by atoms with E-state index in [-0.39, 0.29) is 12.3 Å². The third-order valence-corrected chi connectivity index (χ3v) is 0.887. The molecule has 0 rings (SSSR count). The van der Waals surface area contributed by atoms with Crippen molar-refractivity contribution in [3.05, 3.63) is 24.4 Å². The lowest BCUT2D eigenvalue weighted by atomic mass is 10.3. The number of carbonyl (C=O) groups is 1. The van der Waals surface area contributed by atoms with E-state index in [1.165, 1.54) is 0 Å². The van der Waals surface area contributed by atoms with Gasteiger partial charge in [0.25, 0.3) is 0 Å². The fourth-order valence-corrected chi connectivity index (χ4v) is 0.448. The molecule has 0 heterocycles. The summed E-state index contributed by atoms with van der Waals surface area (Å²) in [5, 5.41) is 0. The lowest BCUT2D eigenvalue weighted by molar-refractivity contribution is -0.117. The topological polar surface area (TPSA) is 55.4 Å². The van der Waals surface area contributed by atoms with Gasteiger partial charge in [-0.05, 0) is 13.0 Å². The Balaban J connectivity index is 3.51. The van der Waals surface area contributed by atoms with E-state index >= 15 is 0 Å². The van der Waals surface area contributed by atoms with Crippen molar-refractivity contribution in [2.24, 2.45) is 10.7 Å². The lowest BCUT2D eigenvalue weighted by Gasteiger charge is -1.80. The minimum absolute atomic E-state index is 0.278. The molecular formula is C8H12N2O. The quantitative estimate of drug-likeness (QED) is 0.474. The van der Waals surface area contributed by atoms with E-state index in [0.29, 0.717) is 0 Å². The normalized spacial score (nSPS) is 12.1. The molecule has 0 aliphatic rings. The molecule has 3 heteroatoms. The fraction of sp³-hybridized carbons (Fsp3) is 0.250. The maximum absolute atomic E-state index is 10.2. The molecule has 0 aliphatic carbocycles. The first-order valence-electron chi connectivity index (χ1n) is 3.35. The van der Waals surface area contributed by atoms with Crippen LogP contribution in [0.2, 0.25) is 0 Å². The van der Waals surface area contributed by atoms with Crippen LogP contribution in [0, 0.1) is 0 Å². The second kappa shape index (κ2) is 6.74. The highest BCUT2D eigenvalue weighted by Gasteiger charge is 1.83. The molecule has 11 heavy (non-hydrogen) atoms. The van der Waals surface area contributed by atoms with Gasteiger partial charge in [0.1, 0.15) is 0 Å². The Hall–Kier alpha value is -1.38. The van der Waals surface area contributed by atoms with Crippen molar-refractivity contribution in [1.82, 2.24) is 0 Å². The van der Waals surface area contributed by atoms with E-state index in [2.05, 4.69) is 4.99 Å². The molecule has 0 aromatic rings. The van der Waals surface area contributed by atoms with Crippen molar-refractivity contribution < 1.29 is 4.79 Å². The molecule has 60 valence electrons. The molecule has 1 amide bonds. The largest absolute Gasteiger partial charge is 0.369 e. The van der Waals surface area contributed by atoms with Crippen LogP contribution in [0.15, 0.2) is 29.4 Å². The van der Waals surface area contributed by atoms with Crippen LogP contribution in [0.4, 0.5) is 0 Å². The molecule has 0 bridgehead atoms. The molecule has 2 N–H and O–H groups in total. The van der Waals surface area contributed by atoms with Gasteiger partial charge in [-0.2, -0.15) is 0 Å². The van der Waals surface area contributed by atoms with Gasteiger partial charge in [0.2, 0.25) is 5.91 Å². The molecular weight excluding hydrogens is 140 g/mol. The Labute approximate surface area is 66.3 Å². The van der Waals surface area contributed by atoms with Crippen LogP contribution in [-0.4, -0.2) is 12.1 Å². The number of primary amides is 1. The average Bonchev–Trinajstić information content (AvgIpc) is 1.96. The van der Waals surface area contributed by atoms with Crippen molar-refractivity contribution in [1.29, 1.82) is 0 Å². The van der Waals surface area contributed by atoms with Gasteiger partial charge in [-0.1, -0.05) is 12.2 Å². The zero-order chi connectivity index (χ0) is 8.53. The van der Waals surface area contributed by atoms with E-state index in [1.54, 1.807) is 30.6 Å². The summed E-state index contributed by atoms with van der Waals surface area (Å²) in [6.07, 6.45) is 8.75. The fourth-order valence-electron chi connectivity index (χ4n) is 0.448.